The van der Waals surface area contributed by atoms with Gasteiger partial charge in [0.25, 0.3) is 0 Å². The summed E-state index contributed by atoms with van der Waals surface area (Å²) in [5.74, 6) is -2.28. The number of hydrogen-bond donors (Lipinski definition) is 1. The van der Waals surface area contributed by atoms with E-state index < -0.39 is 28.6 Å². The molecule has 1 fully saturated rings. The number of para-hydroxylation sites is 1. The maximum atomic E-state index is 15.4. The van der Waals surface area contributed by atoms with Crippen molar-refractivity contribution < 1.29 is 23.4 Å². The van der Waals surface area contributed by atoms with Crippen molar-refractivity contribution in [2.24, 2.45) is 0 Å². The van der Waals surface area contributed by atoms with Gasteiger partial charge in [-0.2, -0.15) is 0 Å². The lowest BCUT2D eigenvalue weighted by atomic mass is 10.1. The largest absolute Gasteiger partial charge is 0.477 e. The van der Waals surface area contributed by atoms with E-state index in [4.69, 9.17) is 4.74 Å². The molecule has 0 aliphatic carbocycles. The first-order valence-corrected chi connectivity index (χ1v) is 11.1. The van der Waals surface area contributed by atoms with Crippen molar-refractivity contribution in [3.05, 3.63) is 94.4 Å². The van der Waals surface area contributed by atoms with E-state index in [9.17, 15) is 19.1 Å². The summed E-state index contributed by atoms with van der Waals surface area (Å²) in [5, 5.41) is 9.38. The first kappa shape index (κ1) is 22.5. The molecule has 0 amide bonds. The lowest BCUT2D eigenvalue weighted by Gasteiger charge is -2.27. The standard InChI is InChI=1S/C26H21F2N3O4/c27-19-7-1-2-8-21(19)31-14-18(26(33)34)25(32)17-12-20(28)23(13-22(17)31)30-11-5-6-16(30)15-35-24-9-3-4-10-29-24/h1-4,7-10,12-14,16H,5-6,11,15H2,(H,33,34)/t16-/m1/s1. The van der Waals surface area contributed by atoms with Gasteiger partial charge in [0.1, 0.15) is 23.8 Å². The van der Waals surface area contributed by atoms with Crippen LogP contribution in [0.4, 0.5) is 14.5 Å². The van der Waals surface area contributed by atoms with Crippen LogP contribution in [-0.4, -0.2) is 39.8 Å². The van der Waals surface area contributed by atoms with E-state index in [-0.39, 0.29) is 34.9 Å². The molecular weight excluding hydrogens is 456 g/mol. The van der Waals surface area contributed by atoms with E-state index in [0.29, 0.717) is 12.4 Å². The Morgan fingerprint density at radius 2 is 1.89 bits per heavy atom. The molecule has 178 valence electrons. The Kier molecular flexibility index (Phi) is 5.90. The summed E-state index contributed by atoms with van der Waals surface area (Å²) < 4.78 is 37.1. The van der Waals surface area contributed by atoms with Gasteiger partial charge in [-0.25, -0.2) is 18.6 Å². The number of carboxylic acid groups (broad SMARTS) is 1. The fourth-order valence-corrected chi connectivity index (χ4v) is 4.49. The number of carboxylic acids is 1. The second-order valence-corrected chi connectivity index (χ2v) is 8.29. The van der Waals surface area contributed by atoms with Gasteiger partial charge >= 0.3 is 5.97 Å². The number of carbonyl (C=O) groups is 1. The molecule has 0 radical (unpaired) electrons. The zero-order valence-corrected chi connectivity index (χ0v) is 18.5. The summed E-state index contributed by atoms with van der Waals surface area (Å²) in [6.45, 7) is 0.850. The maximum absolute atomic E-state index is 15.4. The number of nitrogens with zero attached hydrogens (tertiary/aromatic N) is 3. The minimum atomic E-state index is -1.47. The first-order valence-electron chi connectivity index (χ1n) is 11.1. The Bertz CT molecular complexity index is 1470. The summed E-state index contributed by atoms with van der Waals surface area (Å²) in [6, 6.07) is 13.5. The van der Waals surface area contributed by atoms with Crippen LogP contribution in [0.25, 0.3) is 16.6 Å². The normalized spacial score (nSPS) is 15.5. The molecule has 1 atom stereocenters. The quantitative estimate of drug-likeness (QED) is 0.443. The first-order chi connectivity index (χ1) is 16.9. The van der Waals surface area contributed by atoms with Gasteiger partial charge in [0.2, 0.25) is 11.3 Å². The topological polar surface area (TPSA) is 84.7 Å². The molecule has 2 aromatic carbocycles. The van der Waals surface area contributed by atoms with Crippen LogP contribution in [0.3, 0.4) is 0 Å². The van der Waals surface area contributed by atoms with Crippen molar-refractivity contribution in [2.45, 2.75) is 18.9 Å². The molecule has 0 saturated carbocycles. The van der Waals surface area contributed by atoms with Crippen LogP contribution in [0.2, 0.25) is 0 Å². The lowest BCUT2D eigenvalue weighted by Crippen LogP contribution is -2.35. The number of pyridine rings is 2. The van der Waals surface area contributed by atoms with Gasteiger partial charge in [-0.1, -0.05) is 18.2 Å². The monoisotopic (exact) mass is 477 g/mol. The van der Waals surface area contributed by atoms with E-state index in [0.717, 1.165) is 25.1 Å². The number of halogens is 2. The number of aromatic carboxylic acids is 1. The molecule has 5 rings (SSSR count). The number of anilines is 1. The number of ether oxygens (including phenoxy) is 1. The number of hydrogen-bond acceptors (Lipinski definition) is 5. The molecule has 1 aliphatic rings. The molecule has 0 bridgehead atoms. The number of aromatic nitrogens is 2. The minimum absolute atomic E-state index is 0.0500. The Balaban J connectivity index is 1.62. The Labute approximate surface area is 198 Å². The molecule has 0 unspecified atom stereocenters. The third-order valence-corrected chi connectivity index (χ3v) is 6.16. The van der Waals surface area contributed by atoms with E-state index in [1.807, 2.05) is 11.0 Å². The molecule has 1 saturated heterocycles. The third-order valence-electron chi connectivity index (χ3n) is 6.16. The molecule has 1 N–H and O–H groups in total. The van der Waals surface area contributed by atoms with Crippen LogP contribution in [0, 0.1) is 11.6 Å². The summed E-state index contributed by atoms with van der Waals surface area (Å²) in [4.78, 5) is 30.6. The van der Waals surface area contributed by atoms with E-state index in [1.54, 1.807) is 24.4 Å². The second-order valence-electron chi connectivity index (χ2n) is 8.29. The molecule has 9 heteroatoms. The highest BCUT2D eigenvalue weighted by Crippen LogP contribution is 2.32. The van der Waals surface area contributed by atoms with E-state index in [2.05, 4.69) is 4.98 Å². The highest BCUT2D eigenvalue weighted by molar-refractivity contribution is 5.94. The summed E-state index contributed by atoms with van der Waals surface area (Å²) >= 11 is 0. The van der Waals surface area contributed by atoms with E-state index >= 15 is 4.39 Å². The summed E-state index contributed by atoms with van der Waals surface area (Å²) in [7, 11) is 0. The smallest absolute Gasteiger partial charge is 0.341 e. The Morgan fingerprint density at radius 3 is 2.63 bits per heavy atom. The predicted octanol–water partition coefficient (Wildman–Crippen LogP) is 4.41. The van der Waals surface area contributed by atoms with Crippen molar-refractivity contribution in [3.63, 3.8) is 0 Å². The summed E-state index contributed by atoms with van der Waals surface area (Å²) in [5.41, 5.74) is -0.915. The molecule has 4 aromatic rings. The van der Waals surface area contributed by atoms with Crippen LogP contribution in [0.15, 0.2) is 71.8 Å². The minimum Gasteiger partial charge on any atom is -0.477 e. The van der Waals surface area contributed by atoms with Crippen LogP contribution < -0.4 is 15.1 Å². The van der Waals surface area contributed by atoms with Gasteiger partial charge in [-0.3, -0.25) is 4.79 Å². The Morgan fingerprint density at radius 1 is 1.09 bits per heavy atom. The molecule has 3 heterocycles. The molecule has 2 aromatic heterocycles. The van der Waals surface area contributed by atoms with Crippen LogP contribution in [-0.2, 0) is 0 Å². The van der Waals surface area contributed by atoms with Crippen molar-refractivity contribution in [2.75, 3.05) is 18.1 Å². The second kappa shape index (κ2) is 9.17. The molecular formula is C26H21F2N3O4. The van der Waals surface area contributed by atoms with Crippen molar-refractivity contribution in [3.8, 4) is 11.6 Å². The summed E-state index contributed by atoms with van der Waals surface area (Å²) in [6.07, 6.45) is 4.28. The van der Waals surface area contributed by atoms with Crippen LogP contribution >= 0.6 is 0 Å². The van der Waals surface area contributed by atoms with Crippen molar-refractivity contribution >= 4 is 22.6 Å². The van der Waals surface area contributed by atoms with E-state index in [1.165, 1.54) is 28.8 Å². The highest BCUT2D eigenvalue weighted by Gasteiger charge is 2.29. The fraction of sp³-hybridized carbons (Fsp3) is 0.192. The number of rotatable bonds is 6. The van der Waals surface area contributed by atoms with Gasteiger partial charge in [-0.15, -0.1) is 0 Å². The van der Waals surface area contributed by atoms with Crippen LogP contribution in [0.5, 0.6) is 5.88 Å². The lowest BCUT2D eigenvalue weighted by molar-refractivity contribution is 0.0695. The van der Waals surface area contributed by atoms with Crippen LogP contribution in [0.1, 0.15) is 23.2 Å². The fourth-order valence-electron chi connectivity index (χ4n) is 4.49. The zero-order chi connectivity index (χ0) is 24.5. The number of fused-ring (bicyclic) bond motifs is 1. The molecule has 0 spiro atoms. The van der Waals surface area contributed by atoms with Gasteiger partial charge < -0.3 is 19.3 Å². The van der Waals surface area contributed by atoms with Crippen molar-refractivity contribution in [1.29, 1.82) is 0 Å². The van der Waals surface area contributed by atoms with Gasteiger partial charge in [0.15, 0.2) is 0 Å². The Hall–Kier alpha value is -4.27. The van der Waals surface area contributed by atoms with Crippen molar-refractivity contribution in [1.82, 2.24) is 9.55 Å². The molecule has 7 nitrogen and oxygen atoms in total. The molecule has 1 aliphatic heterocycles. The van der Waals surface area contributed by atoms with Gasteiger partial charge in [0.05, 0.1) is 22.9 Å². The average Bonchev–Trinajstić information content (AvgIpc) is 3.32. The maximum Gasteiger partial charge on any atom is 0.341 e. The number of benzene rings is 2. The van der Waals surface area contributed by atoms with Gasteiger partial charge in [0, 0.05) is 30.4 Å². The average molecular weight is 477 g/mol. The third kappa shape index (κ3) is 4.21. The molecule has 35 heavy (non-hydrogen) atoms. The SMILES string of the molecule is O=C(O)c1cn(-c2ccccc2F)c2cc(N3CCC[C@@H]3COc3ccccn3)c(F)cc2c1=O. The predicted molar refractivity (Wildman–Crippen MR) is 127 cm³/mol. The van der Waals surface area contributed by atoms with Gasteiger partial charge in [-0.05, 0) is 43.2 Å². The highest BCUT2D eigenvalue weighted by atomic mass is 19.1. The zero-order valence-electron chi connectivity index (χ0n) is 18.5.